The third-order valence-electron chi connectivity index (χ3n) is 6.15. The van der Waals surface area contributed by atoms with Gasteiger partial charge in [0.2, 0.25) is 0 Å². The number of hydrogen-bond acceptors (Lipinski definition) is 5. The molecule has 0 saturated carbocycles. The van der Waals surface area contributed by atoms with Crippen LogP contribution in [0.5, 0.6) is 0 Å². The van der Waals surface area contributed by atoms with Crippen molar-refractivity contribution in [3.63, 3.8) is 0 Å². The Balaban J connectivity index is 1.28. The van der Waals surface area contributed by atoms with Gasteiger partial charge < -0.3 is 15.5 Å². The lowest BCUT2D eigenvalue weighted by Gasteiger charge is -2.32. The van der Waals surface area contributed by atoms with Crippen molar-refractivity contribution in [1.82, 2.24) is 24.5 Å². The van der Waals surface area contributed by atoms with E-state index in [1.54, 1.807) is 12.4 Å². The number of benzene rings is 1. The second-order valence-corrected chi connectivity index (χ2v) is 9.42. The van der Waals surface area contributed by atoms with E-state index in [-0.39, 0.29) is 11.9 Å². The van der Waals surface area contributed by atoms with Gasteiger partial charge in [-0.15, -0.1) is 0 Å². The van der Waals surface area contributed by atoms with Crippen LogP contribution < -0.4 is 10.6 Å². The Hall–Kier alpha value is -3.46. The maximum Gasteiger partial charge on any atom is 0.321 e. The minimum atomic E-state index is -0.0527. The number of halogens is 1. The van der Waals surface area contributed by atoms with Gasteiger partial charge in [0.25, 0.3) is 0 Å². The minimum absolute atomic E-state index is 0.0527. The fourth-order valence-corrected chi connectivity index (χ4v) is 4.55. The van der Waals surface area contributed by atoms with Gasteiger partial charge in [-0.3, -0.25) is 4.98 Å². The number of nitrogens with zero attached hydrogens (tertiary/aromatic N) is 5. The van der Waals surface area contributed by atoms with Crippen molar-refractivity contribution in [1.29, 1.82) is 0 Å². The van der Waals surface area contributed by atoms with Gasteiger partial charge in [0, 0.05) is 55.4 Å². The van der Waals surface area contributed by atoms with Gasteiger partial charge in [-0.05, 0) is 59.5 Å². The molecular formula is C25H26BrN7O. The Labute approximate surface area is 206 Å². The van der Waals surface area contributed by atoms with E-state index in [4.69, 9.17) is 4.98 Å². The number of carbonyl (C=O) groups excluding carboxylic acids is 1. The molecule has 4 aromatic rings. The predicted octanol–water partition coefficient (Wildman–Crippen LogP) is 5.22. The molecule has 0 bridgehead atoms. The summed E-state index contributed by atoms with van der Waals surface area (Å²) in [4.78, 5) is 23.7. The van der Waals surface area contributed by atoms with Crippen molar-refractivity contribution in [3.8, 4) is 0 Å². The second-order valence-electron chi connectivity index (χ2n) is 8.57. The summed E-state index contributed by atoms with van der Waals surface area (Å²) < 4.78 is 2.67. The summed E-state index contributed by atoms with van der Waals surface area (Å²) in [5.41, 5.74) is 4.88. The van der Waals surface area contributed by atoms with Crippen LogP contribution in [-0.4, -0.2) is 43.6 Å². The number of amides is 2. The first-order valence-corrected chi connectivity index (χ1v) is 12.2. The fraction of sp³-hybridized carbons (Fsp3) is 0.280. The number of aromatic nitrogens is 4. The third kappa shape index (κ3) is 4.89. The van der Waals surface area contributed by atoms with Gasteiger partial charge in [0.05, 0.1) is 10.7 Å². The van der Waals surface area contributed by atoms with Crippen molar-refractivity contribution in [2.24, 2.45) is 0 Å². The van der Waals surface area contributed by atoms with Crippen LogP contribution in [0.15, 0.2) is 65.5 Å². The number of nitrogens with one attached hydrogen (secondary N) is 2. The number of piperidine rings is 1. The molecule has 0 unspecified atom stereocenters. The first-order valence-electron chi connectivity index (χ1n) is 11.4. The van der Waals surface area contributed by atoms with Gasteiger partial charge in [0.1, 0.15) is 5.82 Å². The van der Waals surface area contributed by atoms with E-state index < -0.39 is 0 Å². The van der Waals surface area contributed by atoms with E-state index in [9.17, 15) is 4.79 Å². The van der Waals surface area contributed by atoms with Crippen LogP contribution in [0.25, 0.3) is 5.65 Å². The normalized spacial score (nSPS) is 14.4. The van der Waals surface area contributed by atoms with Gasteiger partial charge in [0.15, 0.2) is 5.65 Å². The van der Waals surface area contributed by atoms with Crippen LogP contribution in [-0.2, 0) is 6.54 Å². The molecule has 1 aromatic carbocycles. The molecule has 0 atom stereocenters. The zero-order chi connectivity index (χ0) is 23.5. The highest BCUT2D eigenvalue weighted by Crippen LogP contribution is 2.31. The van der Waals surface area contributed by atoms with Crippen molar-refractivity contribution in [2.45, 2.75) is 32.2 Å². The summed E-state index contributed by atoms with van der Waals surface area (Å²) in [6.45, 7) is 4.05. The lowest BCUT2D eigenvalue weighted by atomic mass is 9.93. The highest BCUT2D eigenvalue weighted by atomic mass is 79.9. The van der Waals surface area contributed by atoms with Crippen LogP contribution >= 0.6 is 15.9 Å². The topological polar surface area (TPSA) is 87.5 Å². The molecule has 1 aliphatic heterocycles. The highest BCUT2D eigenvalue weighted by Gasteiger charge is 2.26. The van der Waals surface area contributed by atoms with Crippen LogP contribution in [0.4, 0.5) is 16.3 Å². The third-order valence-corrected chi connectivity index (χ3v) is 6.71. The van der Waals surface area contributed by atoms with Crippen molar-refractivity contribution < 1.29 is 4.79 Å². The Morgan fingerprint density at radius 2 is 1.94 bits per heavy atom. The average molecular weight is 520 g/mol. The smallest absolute Gasteiger partial charge is 0.321 e. The van der Waals surface area contributed by atoms with E-state index in [2.05, 4.69) is 42.7 Å². The van der Waals surface area contributed by atoms with Crippen molar-refractivity contribution >= 4 is 39.1 Å². The molecule has 2 N–H and O–H groups in total. The average Bonchev–Trinajstić information content (AvgIpc) is 3.25. The number of anilines is 2. The standard InChI is InChI=1S/C25H26BrN7O/c1-17-4-6-20(7-5-17)30-25(34)32-11-8-19(9-12-32)22-13-23(28-15-18-3-2-10-27-14-18)33-24(31-22)21(26)16-29-33/h2-7,10,13-14,16,19,28H,8-9,11-12,15H2,1H3,(H,30,34). The van der Waals surface area contributed by atoms with Crippen LogP contribution in [0.3, 0.4) is 0 Å². The molecule has 3 aromatic heterocycles. The molecule has 0 radical (unpaired) electrons. The Morgan fingerprint density at radius 3 is 2.68 bits per heavy atom. The maximum absolute atomic E-state index is 12.7. The second kappa shape index (κ2) is 9.80. The van der Waals surface area contributed by atoms with Gasteiger partial charge in [-0.25, -0.2) is 9.78 Å². The lowest BCUT2D eigenvalue weighted by molar-refractivity contribution is 0.194. The SMILES string of the molecule is Cc1ccc(NC(=O)N2CCC(c3cc(NCc4cccnc4)n4ncc(Br)c4n3)CC2)cc1. The van der Waals surface area contributed by atoms with Crippen LogP contribution in [0.2, 0.25) is 0 Å². The summed E-state index contributed by atoms with van der Waals surface area (Å²) in [6, 6.07) is 13.9. The largest absolute Gasteiger partial charge is 0.366 e. The molecule has 174 valence electrons. The molecule has 2 amide bonds. The van der Waals surface area contributed by atoms with Gasteiger partial charge >= 0.3 is 6.03 Å². The number of likely N-dealkylation sites (tertiary alicyclic amines) is 1. The summed E-state index contributed by atoms with van der Waals surface area (Å²) in [7, 11) is 0. The molecule has 8 nitrogen and oxygen atoms in total. The number of pyridine rings is 1. The summed E-state index contributed by atoms with van der Waals surface area (Å²) in [5, 5.41) is 10.9. The number of rotatable bonds is 5. The molecule has 4 heterocycles. The molecule has 34 heavy (non-hydrogen) atoms. The predicted molar refractivity (Wildman–Crippen MR) is 136 cm³/mol. The first-order chi connectivity index (χ1) is 16.6. The number of urea groups is 1. The quantitative estimate of drug-likeness (QED) is 0.377. The molecule has 1 fully saturated rings. The lowest BCUT2D eigenvalue weighted by Crippen LogP contribution is -2.40. The molecule has 5 rings (SSSR count). The van der Waals surface area contributed by atoms with E-state index >= 15 is 0 Å². The van der Waals surface area contributed by atoms with E-state index in [1.807, 2.05) is 58.9 Å². The van der Waals surface area contributed by atoms with Crippen molar-refractivity contribution in [2.75, 3.05) is 23.7 Å². The fourth-order valence-electron chi connectivity index (χ4n) is 4.20. The van der Waals surface area contributed by atoms with Crippen LogP contribution in [0.1, 0.15) is 35.6 Å². The first kappa shape index (κ1) is 22.3. The van der Waals surface area contributed by atoms with Gasteiger partial charge in [-0.2, -0.15) is 9.61 Å². The van der Waals surface area contributed by atoms with Crippen LogP contribution in [0, 0.1) is 6.92 Å². The number of hydrogen-bond donors (Lipinski definition) is 2. The van der Waals surface area contributed by atoms with E-state index in [1.165, 1.54) is 5.56 Å². The maximum atomic E-state index is 12.7. The zero-order valence-corrected chi connectivity index (χ0v) is 20.5. The number of fused-ring (bicyclic) bond motifs is 1. The van der Waals surface area contributed by atoms with Gasteiger partial charge in [-0.1, -0.05) is 23.8 Å². The Kier molecular flexibility index (Phi) is 6.44. The summed E-state index contributed by atoms with van der Waals surface area (Å²) in [5.74, 6) is 1.16. The molecule has 1 aliphatic rings. The number of aryl methyl sites for hydroxylation is 1. The monoisotopic (exact) mass is 519 g/mol. The highest BCUT2D eigenvalue weighted by molar-refractivity contribution is 9.10. The summed E-state index contributed by atoms with van der Waals surface area (Å²) in [6.07, 6.45) is 7.10. The van der Waals surface area contributed by atoms with E-state index in [0.29, 0.717) is 19.6 Å². The molecule has 0 aliphatic carbocycles. The minimum Gasteiger partial charge on any atom is -0.366 e. The Bertz CT molecular complexity index is 1280. The zero-order valence-electron chi connectivity index (χ0n) is 18.9. The molecule has 1 saturated heterocycles. The number of carbonyl (C=O) groups is 1. The van der Waals surface area contributed by atoms with Crippen molar-refractivity contribution in [3.05, 3.63) is 82.3 Å². The molecule has 0 spiro atoms. The molecular weight excluding hydrogens is 494 g/mol. The molecule has 9 heteroatoms. The van der Waals surface area contributed by atoms with E-state index in [0.717, 1.165) is 45.7 Å². The Morgan fingerprint density at radius 1 is 1.15 bits per heavy atom. The summed E-state index contributed by atoms with van der Waals surface area (Å²) >= 11 is 3.58.